The van der Waals surface area contributed by atoms with E-state index in [9.17, 15) is 4.79 Å². The Balaban J connectivity index is 2.03. The van der Waals surface area contributed by atoms with Crippen molar-refractivity contribution in [2.75, 3.05) is 13.1 Å². The second-order valence-corrected chi connectivity index (χ2v) is 5.34. The van der Waals surface area contributed by atoms with Crippen molar-refractivity contribution < 1.29 is 4.79 Å². The van der Waals surface area contributed by atoms with Gasteiger partial charge in [-0.2, -0.15) is 0 Å². The maximum atomic E-state index is 12.3. The molecule has 2 rings (SSSR count). The SMILES string of the molecule is Cc1ccccc1CC(=O)N1CC(CN)CC1C. The molecule has 0 aromatic heterocycles. The van der Waals surface area contributed by atoms with Gasteiger partial charge < -0.3 is 10.6 Å². The summed E-state index contributed by atoms with van der Waals surface area (Å²) in [6.45, 7) is 5.67. The third kappa shape index (κ3) is 2.72. The number of hydrogen-bond donors (Lipinski definition) is 1. The number of aryl methyl sites for hydroxylation is 1. The summed E-state index contributed by atoms with van der Waals surface area (Å²) in [7, 11) is 0. The fourth-order valence-electron chi connectivity index (χ4n) is 2.73. The first-order chi connectivity index (χ1) is 8.61. The van der Waals surface area contributed by atoms with E-state index in [1.807, 2.05) is 23.1 Å². The number of amides is 1. The second-order valence-electron chi connectivity index (χ2n) is 5.34. The van der Waals surface area contributed by atoms with Gasteiger partial charge in [0, 0.05) is 12.6 Å². The number of benzene rings is 1. The van der Waals surface area contributed by atoms with Crippen LogP contribution in [-0.4, -0.2) is 29.9 Å². The minimum Gasteiger partial charge on any atom is -0.339 e. The van der Waals surface area contributed by atoms with E-state index in [2.05, 4.69) is 19.9 Å². The Hall–Kier alpha value is -1.35. The van der Waals surface area contributed by atoms with Crippen LogP contribution in [0.1, 0.15) is 24.5 Å². The Morgan fingerprint density at radius 1 is 1.44 bits per heavy atom. The molecule has 1 saturated heterocycles. The van der Waals surface area contributed by atoms with E-state index in [-0.39, 0.29) is 5.91 Å². The number of hydrogen-bond acceptors (Lipinski definition) is 2. The second kappa shape index (κ2) is 5.53. The van der Waals surface area contributed by atoms with E-state index in [0.717, 1.165) is 18.5 Å². The summed E-state index contributed by atoms with van der Waals surface area (Å²) < 4.78 is 0. The van der Waals surface area contributed by atoms with Crippen molar-refractivity contribution in [2.24, 2.45) is 11.7 Å². The molecule has 1 amide bonds. The third-order valence-corrected chi connectivity index (χ3v) is 3.92. The molecule has 1 aliphatic rings. The Morgan fingerprint density at radius 2 is 2.17 bits per heavy atom. The van der Waals surface area contributed by atoms with Crippen LogP contribution in [0, 0.1) is 12.8 Å². The zero-order valence-electron chi connectivity index (χ0n) is 11.2. The average molecular weight is 246 g/mol. The number of nitrogens with two attached hydrogens (primary N) is 1. The molecular formula is C15H22N2O. The van der Waals surface area contributed by atoms with Crippen molar-refractivity contribution in [3.8, 4) is 0 Å². The zero-order chi connectivity index (χ0) is 13.1. The van der Waals surface area contributed by atoms with Crippen LogP contribution in [-0.2, 0) is 11.2 Å². The largest absolute Gasteiger partial charge is 0.339 e. The van der Waals surface area contributed by atoms with Crippen LogP contribution in [0.2, 0.25) is 0 Å². The number of rotatable bonds is 3. The average Bonchev–Trinajstić information content (AvgIpc) is 2.73. The molecule has 0 bridgehead atoms. The summed E-state index contributed by atoms with van der Waals surface area (Å²) in [6.07, 6.45) is 1.55. The Morgan fingerprint density at radius 3 is 2.78 bits per heavy atom. The van der Waals surface area contributed by atoms with E-state index in [1.54, 1.807) is 0 Å². The van der Waals surface area contributed by atoms with Gasteiger partial charge in [-0.25, -0.2) is 0 Å². The maximum Gasteiger partial charge on any atom is 0.227 e. The van der Waals surface area contributed by atoms with Gasteiger partial charge in [-0.15, -0.1) is 0 Å². The maximum absolute atomic E-state index is 12.3. The van der Waals surface area contributed by atoms with Crippen molar-refractivity contribution in [3.05, 3.63) is 35.4 Å². The summed E-state index contributed by atoms with van der Waals surface area (Å²) in [4.78, 5) is 14.3. The molecule has 0 radical (unpaired) electrons. The summed E-state index contributed by atoms with van der Waals surface area (Å²) in [5, 5.41) is 0. The molecule has 1 aromatic rings. The number of likely N-dealkylation sites (tertiary alicyclic amines) is 1. The fourth-order valence-corrected chi connectivity index (χ4v) is 2.73. The van der Waals surface area contributed by atoms with E-state index in [4.69, 9.17) is 5.73 Å². The summed E-state index contributed by atoms with van der Waals surface area (Å²) >= 11 is 0. The van der Waals surface area contributed by atoms with Gasteiger partial charge in [0.1, 0.15) is 0 Å². The molecule has 2 unspecified atom stereocenters. The number of carbonyl (C=O) groups is 1. The first-order valence-corrected chi connectivity index (χ1v) is 6.66. The van der Waals surface area contributed by atoms with Crippen LogP contribution < -0.4 is 5.73 Å². The first-order valence-electron chi connectivity index (χ1n) is 6.66. The van der Waals surface area contributed by atoms with Gasteiger partial charge in [0.2, 0.25) is 5.91 Å². The molecule has 1 aromatic carbocycles. The third-order valence-electron chi connectivity index (χ3n) is 3.92. The molecule has 2 atom stereocenters. The van der Waals surface area contributed by atoms with E-state index < -0.39 is 0 Å². The van der Waals surface area contributed by atoms with Crippen molar-refractivity contribution in [3.63, 3.8) is 0 Å². The van der Waals surface area contributed by atoms with E-state index in [0.29, 0.717) is 24.9 Å². The number of carbonyl (C=O) groups excluding carboxylic acids is 1. The van der Waals surface area contributed by atoms with Crippen LogP contribution in [0.25, 0.3) is 0 Å². The van der Waals surface area contributed by atoms with Gasteiger partial charge in [-0.1, -0.05) is 24.3 Å². The molecule has 0 saturated carbocycles. The molecule has 2 N–H and O–H groups in total. The molecule has 98 valence electrons. The topological polar surface area (TPSA) is 46.3 Å². The molecule has 18 heavy (non-hydrogen) atoms. The Kier molecular flexibility index (Phi) is 4.02. The van der Waals surface area contributed by atoms with Gasteiger partial charge in [-0.05, 0) is 43.9 Å². The van der Waals surface area contributed by atoms with Gasteiger partial charge in [0.05, 0.1) is 6.42 Å². The lowest BCUT2D eigenvalue weighted by Crippen LogP contribution is -2.35. The minimum absolute atomic E-state index is 0.229. The van der Waals surface area contributed by atoms with Gasteiger partial charge in [0.25, 0.3) is 0 Å². The lowest BCUT2D eigenvalue weighted by molar-refractivity contribution is -0.131. The van der Waals surface area contributed by atoms with Gasteiger partial charge >= 0.3 is 0 Å². The van der Waals surface area contributed by atoms with Crippen LogP contribution in [0.3, 0.4) is 0 Å². The molecule has 3 heteroatoms. The summed E-state index contributed by atoms with van der Waals surface area (Å²) in [5.74, 6) is 0.702. The lowest BCUT2D eigenvalue weighted by Gasteiger charge is -2.22. The predicted octanol–water partition coefficient (Wildman–Crippen LogP) is 1.73. The highest BCUT2D eigenvalue weighted by atomic mass is 16.2. The van der Waals surface area contributed by atoms with Crippen LogP contribution >= 0.6 is 0 Å². The lowest BCUT2D eigenvalue weighted by atomic mass is 10.1. The zero-order valence-corrected chi connectivity index (χ0v) is 11.2. The first kappa shape index (κ1) is 13.1. The minimum atomic E-state index is 0.229. The predicted molar refractivity (Wildman–Crippen MR) is 73.2 cm³/mol. The van der Waals surface area contributed by atoms with E-state index in [1.165, 1.54) is 5.56 Å². The number of nitrogens with zero attached hydrogens (tertiary/aromatic N) is 1. The highest BCUT2D eigenvalue weighted by Gasteiger charge is 2.31. The molecule has 3 nitrogen and oxygen atoms in total. The van der Waals surface area contributed by atoms with Crippen LogP contribution in [0.5, 0.6) is 0 Å². The Labute approximate surface area is 109 Å². The highest BCUT2D eigenvalue weighted by molar-refractivity contribution is 5.79. The molecule has 1 fully saturated rings. The van der Waals surface area contributed by atoms with Crippen molar-refractivity contribution in [1.82, 2.24) is 4.90 Å². The Bertz CT molecular complexity index is 430. The van der Waals surface area contributed by atoms with Crippen LogP contribution in [0.15, 0.2) is 24.3 Å². The normalized spacial score (nSPS) is 23.4. The highest BCUT2D eigenvalue weighted by Crippen LogP contribution is 2.23. The van der Waals surface area contributed by atoms with Crippen molar-refractivity contribution in [1.29, 1.82) is 0 Å². The fraction of sp³-hybridized carbons (Fsp3) is 0.533. The smallest absolute Gasteiger partial charge is 0.227 e. The van der Waals surface area contributed by atoms with E-state index >= 15 is 0 Å². The molecule has 1 aliphatic heterocycles. The summed E-state index contributed by atoms with van der Waals surface area (Å²) in [6, 6.07) is 8.42. The molecule has 0 spiro atoms. The monoisotopic (exact) mass is 246 g/mol. The molecular weight excluding hydrogens is 224 g/mol. The quantitative estimate of drug-likeness (QED) is 0.883. The summed E-state index contributed by atoms with van der Waals surface area (Å²) in [5.41, 5.74) is 8.02. The van der Waals surface area contributed by atoms with Crippen molar-refractivity contribution in [2.45, 2.75) is 32.7 Å². The van der Waals surface area contributed by atoms with Crippen LogP contribution in [0.4, 0.5) is 0 Å². The molecule has 0 aliphatic carbocycles. The van der Waals surface area contributed by atoms with Gasteiger partial charge in [0.15, 0.2) is 0 Å². The van der Waals surface area contributed by atoms with Crippen molar-refractivity contribution >= 4 is 5.91 Å². The standard InChI is InChI=1S/C15H22N2O/c1-11-5-3-4-6-14(11)8-15(18)17-10-13(9-16)7-12(17)2/h3-6,12-13H,7-10,16H2,1-2H3. The molecule has 1 heterocycles. The van der Waals surface area contributed by atoms with Gasteiger partial charge in [-0.3, -0.25) is 4.79 Å².